The lowest BCUT2D eigenvalue weighted by Gasteiger charge is -2.20. The van der Waals surface area contributed by atoms with Crippen LogP contribution in [-0.2, 0) is 4.79 Å². The summed E-state index contributed by atoms with van der Waals surface area (Å²) in [5.41, 5.74) is 5.04. The van der Waals surface area contributed by atoms with E-state index in [0.29, 0.717) is 5.56 Å². The minimum atomic E-state index is -5.08. The van der Waals surface area contributed by atoms with Gasteiger partial charge in [-0.3, -0.25) is 9.78 Å². The molecule has 40 heavy (non-hydrogen) atoms. The van der Waals surface area contributed by atoms with E-state index in [-0.39, 0.29) is 11.7 Å². The summed E-state index contributed by atoms with van der Waals surface area (Å²) < 4.78 is 45.2. The lowest BCUT2D eigenvalue weighted by atomic mass is 10.1. The van der Waals surface area contributed by atoms with Crippen LogP contribution in [0.3, 0.4) is 0 Å². The summed E-state index contributed by atoms with van der Waals surface area (Å²) in [4.78, 5) is 33.6. The number of halogens is 4. The number of nitrogens with one attached hydrogen (secondary N) is 2. The van der Waals surface area contributed by atoms with Crippen LogP contribution >= 0.6 is 0 Å². The van der Waals surface area contributed by atoms with Crippen LogP contribution in [0, 0.1) is 5.82 Å². The Hall–Kier alpha value is -4.45. The number of H-pyrrole nitrogens is 1. The summed E-state index contributed by atoms with van der Waals surface area (Å²) in [5.74, 6) is -2.94. The van der Waals surface area contributed by atoms with E-state index in [1.165, 1.54) is 12.1 Å². The molecule has 1 aliphatic rings. The minimum Gasteiger partial charge on any atom is -0.475 e. The van der Waals surface area contributed by atoms with Gasteiger partial charge in [-0.1, -0.05) is 0 Å². The predicted octanol–water partition coefficient (Wildman–Crippen LogP) is 5.52. The molecule has 0 atom stereocenters. The number of hydrogen-bond acceptors (Lipinski definition) is 5. The van der Waals surface area contributed by atoms with Gasteiger partial charge in [0.15, 0.2) is 0 Å². The maximum absolute atomic E-state index is 13.5. The van der Waals surface area contributed by atoms with Gasteiger partial charge in [0, 0.05) is 59.2 Å². The van der Waals surface area contributed by atoms with E-state index < -0.39 is 12.1 Å². The SMILES string of the molecule is CN1CCCN(C(=O)c2ccc(Nc3cncc(-c4cc5cc(F)ccc5[nH]4)c3)cc2)CC1.O=C(O)C(F)(F)F. The van der Waals surface area contributed by atoms with Crippen LogP contribution in [0.15, 0.2) is 67.0 Å². The fraction of sp³-hybridized carbons (Fsp3) is 0.250. The highest BCUT2D eigenvalue weighted by Crippen LogP contribution is 2.27. The number of aliphatic carboxylic acids is 1. The Bertz CT molecular complexity index is 1490. The highest BCUT2D eigenvalue weighted by molar-refractivity contribution is 5.94. The predicted molar refractivity (Wildman–Crippen MR) is 143 cm³/mol. The van der Waals surface area contributed by atoms with Gasteiger partial charge in [-0.25, -0.2) is 9.18 Å². The summed E-state index contributed by atoms with van der Waals surface area (Å²) >= 11 is 0. The average molecular weight is 558 g/mol. The zero-order chi connectivity index (χ0) is 28.9. The second kappa shape index (κ2) is 12.2. The van der Waals surface area contributed by atoms with Crippen molar-refractivity contribution in [2.75, 3.05) is 38.5 Å². The molecule has 2 aromatic carbocycles. The van der Waals surface area contributed by atoms with Crippen LogP contribution in [0.25, 0.3) is 22.2 Å². The summed E-state index contributed by atoms with van der Waals surface area (Å²) in [6.45, 7) is 3.48. The third-order valence-corrected chi connectivity index (χ3v) is 6.30. The van der Waals surface area contributed by atoms with Crippen molar-refractivity contribution >= 4 is 34.2 Å². The lowest BCUT2D eigenvalue weighted by molar-refractivity contribution is -0.192. The third-order valence-electron chi connectivity index (χ3n) is 6.30. The molecule has 12 heteroatoms. The Balaban J connectivity index is 0.000000470. The van der Waals surface area contributed by atoms with Crippen LogP contribution in [-0.4, -0.2) is 76.2 Å². The molecular weight excluding hydrogens is 530 g/mol. The standard InChI is InChI=1S/C26H26FN5O.C2HF3O2/c1-31-9-2-10-32(12-11-31)26(33)18-3-6-22(7-4-18)29-23-14-20(16-28-17-23)25-15-19-13-21(27)5-8-24(19)30-25;3-2(4,5)1(6)7/h3-8,13-17,29-30H,2,9-12H2,1H3;(H,6,7). The van der Waals surface area contributed by atoms with E-state index in [9.17, 15) is 22.4 Å². The Morgan fingerprint density at radius 3 is 2.38 bits per heavy atom. The number of rotatable bonds is 4. The van der Waals surface area contributed by atoms with E-state index in [0.717, 1.165) is 66.1 Å². The van der Waals surface area contributed by atoms with Crippen LogP contribution in [0.1, 0.15) is 16.8 Å². The van der Waals surface area contributed by atoms with Crippen molar-refractivity contribution in [2.24, 2.45) is 0 Å². The van der Waals surface area contributed by atoms with Crippen molar-refractivity contribution in [3.63, 3.8) is 0 Å². The number of carbonyl (C=O) groups is 2. The first-order valence-corrected chi connectivity index (χ1v) is 12.4. The molecule has 1 aliphatic heterocycles. The number of alkyl halides is 3. The largest absolute Gasteiger partial charge is 0.490 e. The molecule has 0 aliphatic carbocycles. The molecule has 0 bridgehead atoms. The van der Waals surface area contributed by atoms with Gasteiger partial charge in [-0.2, -0.15) is 13.2 Å². The molecule has 4 aromatic rings. The first kappa shape index (κ1) is 28.6. The van der Waals surface area contributed by atoms with Crippen molar-refractivity contribution in [2.45, 2.75) is 12.6 Å². The number of amides is 1. The molecule has 5 rings (SSSR count). The Morgan fingerprint density at radius 1 is 0.950 bits per heavy atom. The molecule has 1 saturated heterocycles. The van der Waals surface area contributed by atoms with Crippen LogP contribution in [0.2, 0.25) is 0 Å². The monoisotopic (exact) mass is 557 g/mol. The number of carboxylic acids is 1. The number of carboxylic acid groups (broad SMARTS) is 1. The van der Waals surface area contributed by atoms with Gasteiger partial charge >= 0.3 is 12.1 Å². The number of anilines is 2. The number of pyridine rings is 1. The Labute approximate surface area is 227 Å². The van der Waals surface area contributed by atoms with Gasteiger partial charge in [0.25, 0.3) is 5.91 Å². The summed E-state index contributed by atoms with van der Waals surface area (Å²) in [6.07, 6.45) is -0.568. The lowest BCUT2D eigenvalue weighted by Crippen LogP contribution is -2.34. The van der Waals surface area contributed by atoms with Crippen molar-refractivity contribution in [3.05, 3.63) is 78.4 Å². The maximum atomic E-state index is 13.5. The molecule has 3 heterocycles. The number of fused-ring (bicyclic) bond motifs is 1. The number of nitrogens with zero attached hydrogens (tertiary/aromatic N) is 3. The topological polar surface area (TPSA) is 102 Å². The Morgan fingerprint density at radius 2 is 1.68 bits per heavy atom. The zero-order valence-corrected chi connectivity index (χ0v) is 21.5. The van der Waals surface area contributed by atoms with Gasteiger partial charge in [0.05, 0.1) is 11.9 Å². The van der Waals surface area contributed by atoms with Gasteiger partial charge in [-0.15, -0.1) is 0 Å². The normalized spacial score (nSPS) is 14.3. The molecule has 1 fully saturated rings. The molecule has 210 valence electrons. The molecule has 2 aromatic heterocycles. The van der Waals surface area contributed by atoms with Crippen LogP contribution in [0.5, 0.6) is 0 Å². The number of aromatic nitrogens is 2. The molecular formula is C28H27F4N5O3. The number of likely N-dealkylation sites (N-methyl/N-ethyl adjacent to an activating group) is 1. The number of aromatic amines is 1. The minimum absolute atomic E-state index is 0.0794. The van der Waals surface area contributed by atoms with Gasteiger partial charge in [-0.05, 0) is 74.6 Å². The fourth-order valence-corrected chi connectivity index (χ4v) is 4.21. The fourth-order valence-electron chi connectivity index (χ4n) is 4.21. The van der Waals surface area contributed by atoms with E-state index in [1.54, 1.807) is 18.5 Å². The smallest absolute Gasteiger partial charge is 0.475 e. The van der Waals surface area contributed by atoms with E-state index in [4.69, 9.17) is 9.90 Å². The zero-order valence-electron chi connectivity index (χ0n) is 21.5. The van der Waals surface area contributed by atoms with Gasteiger partial charge in [0.1, 0.15) is 5.82 Å². The van der Waals surface area contributed by atoms with Crippen molar-refractivity contribution in [1.82, 2.24) is 19.8 Å². The van der Waals surface area contributed by atoms with Gasteiger partial charge < -0.3 is 25.2 Å². The molecule has 8 nitrogen and oxygen atoms in total. The molecule has 1 amide bonds. The van der Waals surface area contributed by atoms with E-state index in [2.05, 4.69) is 27.2 Å². The van der Waals surface area contributed by atoms with Gasteiger partial charge in [0.2, 0.25) is 0 Å². The quantitative estimate of drug-likeness (QED) is 0.286. The molecule has 0 spiro atoms. The van der Waals surface area contributed by atoms with Crippen molar-refractivity contribution < 1.29 is 32.3 Å². The summed E-state index contributed by atoms with van der Waals surface area (Å²) in [5, 5.41) is 11.3. The Kier molecular flexibility index (Phi) is 8.68. The van der Waals surface area contributed by atoms with E-state index >= 15 is 0 Å². The first-order chi connectivity index (χ1) is 19.0. The molecule has 0 saturated carbocycles. The number of benzene rings is 2. The summed E-state index contributed by atoms with van der Waals surface area (Å²) in [7, 11) is 2.09. The molecule has 0 radical (unpaired) electrons. The summed E-state index contributed by atoms with van der Waals surface area (Å²) in [6, 6.07) is 16.1. The van der Waals surface area contributed by atoms with E-state index in [1.807, 2.05) is 41.3 Å². The van der Waals surface area contributed by atoms with Crippen LogP contribution in [0.4, 0.5) is 28.9 Å². The number of hydrogen-bond donors (Lipinski definition) is 3. The van der Waals surface area contributed by atoms with Crippen molar-refractivity contribution in [3.8, 4) is 11.3 Å². The average Bonchev–Trinajstić information content (AvgIpc) is 3.21. The second-order valence-electron chi connectivity index (χ2n) is 9.33. The van der Waals surface area contributed by atoms with Crippen LogP contribution < -0.4 is 5.32 Å². The maximum Gasteiger partial charge on any atom is 0.490 e. The molecule has 0 unspecified atom stereocenters. The first-order valence-electron chi connectivity index (χ1n) is 12.4. The second-order valence-corrected chi connectivity index (χ2v) is 9.33. The van der Waals surface area contributed by atoms with Crippen molar-refractivity contribution in [1.29, 1.82) is 0 Å². The highest BCUT2D eigenvalue weighted by Gasteiger charge is 2.38. The highest BCUT2D eigenvalue weighted by atomic mass is 19.4. The molecule has 3 N–H and O–H groups in total. The third kappa shape index (κ3) is 7.35. The number of carbonyl (C=O) groups excluding carboxylic acids is 1.